The van der Waals surface area contributed by atoms with Gasteiger partial charge in [-0.25, -0.2) is 0 Å². The van der Waals surface area contributed by atoms with Gasteiger partial charge in [-0.05, 0) is 40.7 Å². The number of nitrogens with zero attached hydrogens (tertiary/aromatic N) is 1. The lowest BCUT2D eigenvalue weighted by molar-refractivity contribution is -0.128. The fourth-order valence-corrected chi connectivity index (χ4v) is 3.70. The van der Waals surface area contributed by atoms with Crippen molar-refractivity contribution in [3.63, 3.8) is 0 Å². The lowest BCUT2D eigenvalue weighted by Crippen LogP contribution is -2.38. The molecule has 0 saturated carbocycles. The fraction of sp³-hybridized carbons (Fsp3) is 0.545. The Morgan fingerprint density at radius 3 is 2.94 bits per heavy atom. The van der Waals surface area contributed by atoms with Crippen molar-refractivity contribution in [2.24, 2.45) is 0 Å². The number of nitrogens with one attached hydrogen (secondary N) is 1. The highest BCUT2D eigenvalue weighted by atomic mass is 79.9. The number of amides is 1. The van der Waals surface area contributed by atoms with Crippen LogP contribution in [-0.2, 0) is 4.79 Å². The third-order valence-electron chi connectivity index (χ3n) is 2.92. The molecule has 3 nitrogen and oxygen atoms in total. The molecule has 88 valence electrons. The van der Waals surface area contributed by atoms with Crippen LogP contribution < -0.4 is 5.32 Å². The first-order valence-corrected chi connectivity index (χ1v) is 7.00. The Morgan fingerprint density at radius 2 is 2.44 bits per heavy atom. The van der Waals surface area contributed by atoms with Crippen LogP contribution in [0.3, 0.4) is 0 Å². The summed E-state index contributed by atoms with van der Waals surface area (Å²) in [7, 11) is 1.86. The minimum atomic E-state index is -0.0194. The molecule has 2 heterocycles. The van der Waals surface area contributed by atoms with E-state index in [1.807, 2.05) is 13.1 Å². The summed E-state index contributed by atoms with van der Waals surface area (Å²) in [5.74, 6) is 0.208. The summed E-state index contributed by atoms with van der Waals surface area (Å²) >= 11 is 5.23. The number of likely N-dealkylation sites (tertiary alicyclic amines) is 1. The topological polar surface area (TPSA) is 32.3 Å². The van der Waals surface area contributed by atoms with Crippen LogP contribution >= 0.6 is 27.3 Å². The molecule has 2 unspecified atom stereocenters. The summed E-state index contributed by atoms with van der Waals surface area (Å²) in [4.78, 5) is 14.8. The Bertz CT molecular complexity index is 393. The zero-order valence-corrected chi connectivity index (χ0v) is 11.8. The summed E-state index contributed by atoms with van der Waals surface area (Å²) in [5, 5.41) is 5.45. The van der Waals surface area contributed by atoms with Crippen molar-refractivity contribution >= 4 is 33.2 Å². The van der Waals surface area contributed by atoms with Crippen LogP contribution in [0.5, 0.6) is 0 Å². The largest absolute Gasteiger partial charge is 0.344 e. The van der Waals surface area contributed by atoms with Crippen LogP contribution in [0.15, 0.2) is 15.9 Å². The minimum Gasteiger partial charge on any atom is -0.344 e. The van der Waals surface area contributed by atoms with Gasteiger partial charge in [-0.3, -0.25) is 10.1 Å². The van der Waals surface area contributed by atoms with E-state index >= 15 is 0 Å². The lowest BCUT2D eigenvalue weighted by atomic mass is 10.2. The van der Waals surface area contributed by atoms with Gasteiger partial charge < -0.3 is 4.90 Å². The van der Waals surface area contributed by atoms with Gasteiger partial charge in [0.1, 0.15) is 0 Å². The van der Waals surface area contributed by atoms with Crippen molar-refractivity contribution in [1.29, 1.82) is 0 Å². The van der Waals surface area contributed by atoms with Gasteiger partial charge in [0.05, 0.1) is 6.04 Å². The standard InChI is InChI=1S/C11H15BrN2OS/c1-7(10-8(12)4-6-16-10)13-9-3-5-14(2)11(9)15/h4,6-7,9,13H,3,5H2,1-2H3. The number of hydrogen-bond donors (Lipinski definition) is 1. The zero-order valence-electron chi connectivity index (χ0n) is 9.37. The van der Waals surface area contributed by atoms with E-state index in [0.29, 0.717) is 0 Å². The predicted molar refractivity (Wildman–Crippen MR) is 69.6 cm³/mol. The zero-order chi connectivity index (χ0) is 11.7. The van der Waals surface area contributed by atoms with Gasteiger partial charge in [-0.2, -0.15) is 0 Å². The van der Waals surface area contributed by atoms with Crippen molar-refractivity contribution in [2.75, 3.05) is 13.6 Å². The Kier molecular flexibility index (Phi) is 3.66. The molecule has 0 spiro atoms. The molecular formula is C11H15BrN2OS. The van der Waals surface area contributed by atoms with Crippen molar-refractivity contribution < 1.29 is 4.79 Å². The highest BCUT2D eigenvalue weighted by Crippen LogP contribution is 2.29. The van der Waals surface area contributed by atoms with Gasteiger partial charge >= 0.3 is 0 Å². The average Bonchev–Trinajstić information content (AvgIpc) is 2.79. The van der Waals surface area contributed by atoms with E-state index in [1.54, 1.807) is 16.2 Å². The fourth-order valence-electron chi connectivity index (χ4n) is 1.97. The van der Waals surface area contributed by atoms with Gasteiger partial charge in [0, 0.05) is 29.0 Å². The number of rotatable bonds is 3. The average molecular weight is 303 g/mol. The predicted octanol–water partition coefficient (Wildman–Crippen LogP) is 2.39. The molecule has 1 fully saturated rings. The molecule has 2 atom stereocenters. The second kappa shape index (κ2) is 4.85. The smallest absolute Gasteiger partial charge is 0.239 e. The van der Waals surface area contributed by atoms with Crippen LogP contribution in [0, 0.1) is 0 Å². The monoisotopic (exact) mass is 302 g/mol. The van der Waals surface area contributed by atoms with Crippen molar-refractivity contribution in [1.82, 2.24) is 10.2 Å². The van der Waals surface area contributed by atoms with E-state index in [4.69, 9.17) is 0 Å². The van der Waals surface area contributed by atoms with Crippen molar-refractivity contribution in [3.05, 3.63) is 20.8 Å². The molecular weight excluding hydrogens is 288 g/mol. The first-order chi connectivity index (χ1) is 7.59. The van der Waals surface area contributed by atoms with Gasteiger partial charge in [0.25, 0.3) is 0 Å². The molecule has 16 heavy (non-hydrogen) atoms. The molecule has 1 aliphatic heterocycles. The molecule has 1 N–H and O–H groups in total. The number of carbonyl (C=O) groups is 1. The van der Waals surface area contributed by atoms with Crippen molar-refractivity contribution in [2.45, 2.75) is 25.4 Å². The summed E-state index contributed by atoms with van der Waals surface area (Å²) < 4.78 is 1.12. The van der Waals surface area contributed by atoms with Crippen LogP contribution in [0.25, 0.3) is 0 Å². The quantitative estimate of drug-likeness (QED) is 0.930. The van der Waals surface area contributed by atoms with Gasteiger partial charge in [-0.1, -0.05) is 0 Å². The molecule has 0 aliphatic carbocycles. The molecule has 1 aliphatic rings. The van der Waals surface area contributed by atoms with E-state index in [1.165, 1.54) is 4.88 Å². The first kappa shape index (κ1) is 12.1. The number of halogens is 1. The molecule has 1 aromatic heterocycles. The number of thiophene rings is 1. The number of likely N-dealkylation sites (N-methyl/N-ethyl adjacent to an activating group) is 1. The van der Waals surface area contributed by atoms with Crippen LogP contribution in [-0.4, -0.2) is 30.4 Å². The van der Waals surface area contributed by atoms with E-state index in [2.05, 4.69) is 33.6 Å². The summed E-state index contributed by atoms with van der Waals surface area (Å²) in [6.07, 6.45) is 0.905. The molecule has 0 aromatic carbocycles. The maximum Gasteiger partial charge on any atom is 0.239 e. The van der Waals surface area contributed by atoms with Crippen LogP contribution in [0.2, 0.25) is 0 Å². The summed E-state index contributed by atoms with van der Waals surface area (Å²) in [5.41, 5.74) is 0. The number of hydrogen-bond acceptors (Lipinski definition) is 3. The van der Waals surface area contributed by atoms with E-state index < -0.39 is 0 Å². The van der Waals surface area contributed by atoms with Crippen LogP contribution in [0.4, 0.5) is 0 Å². The molecule has 1 saturated heterocycles. The molecule has 5 heteroatoms. The highest BCUT2D eigenvalue weighted by Gasteiger charge is 2.30. The highest BCUT2D eigenvalue weighted by molar-refractivity contribution is 9.10. The summed E-state index contributed by atoms with van der Waals surface area (Å²) in [6, 6.07) is 2.24. The molecule has 1 amide bonds. The minimum absolute atomic E-state index is 0.0194. The number of carbonyl (C=O) groups excluding carboxylic acids is 1. The molecule has 0 radical (unpaired) electrons. The second-order valence-electron chi connectivity index (χ2n) is 4.12. The second-order valence-corrected chi connectivity index (χ2v) is 5.92. The Balaban J connectivity index is 2.01. The Labute approximate surface area is 108 Å². The van der Waals surface area contributed by atoms with Crippen molar-refractivity contribution in [3.8, 4) is 0 Å². The molecule has 1 aromatic rings. The molecule has 0 bridgehead atoms. The Hall–Kier alpha value is -0.390. The lowest BCUT2D eigenvalue weighted by Gasteiger charge is -2.18. The van der Waals surface area contributed by atoms with Gasteiger partial charge in [0.15, 0.2) is 0 Å². The third-order valence-corrected chi connectivity index (χ3v) is 4.97. The van der Waals surface area contributed by atoms with E-state index in [0.717, 1.165) is 17.4 Å². The molecule has 2 rings (SSSR count). The summed E-state index contributed by atoms with van der Waals surface area (Å²) in [6.45, 7) is 2.96. The van der Waals surface area contributed by atoms with E-state index in [9.17, 15) is 4.79 Å². The maximum absolute atomic E-state index is 11.8. The SMILES string of the molecule is CC(NC1CCN(C)C1=O)c1sccc1Br. The Morgan fingerprint density at radius 1 is 1.69 bits per heavy atom. The third kappa shape index (κ3) is 2.31. The van der Waals surface area contributed by atoms with Gasteiger partial charge in [0.2, 0.25) is 5.91 Å². The normalized spacial score (nSPS) is 22.8. The van der Waals surface area contributed by atoms with Gasteiger partial charge in [-0.15, -0.1) is 11.3 Å². The van der Waals surface area contributed by atoms with Crippen LogP contribution in [0.1, 0.15) is 24.3 Å². The van der Waals surface area contributed by atoms with E-state index in [-0.39, 0.29) is 18.0 Å². The first-order valence-electron chi connectivity index (χ1n) is 5.33. The maximum atomic E-state index is 11.8.